The number of likely N-dealkylation sites (N-methyl/N-ethyl adjacent to an activating group) is 1. The van der Waals surface area contributed by atoms with E-state index in [1.807, 2.05) is 38.1 Å². The van der Waals surface area contributed by atoms with E-state index in [1.54, 1.807) is 30.3 Å². The highest BCUT2D eigenvalue weighted by molar-refractivity contribution is 6.30. The molecule has 3 rings (SSSR count). The fraction of sp³-hybridized carbons (Fsp3) is 0.208. The molecular formula is C24H24ClN5O2. The van der Waals surface area contributed by atoms with Crippen LogP contribution in [0.4, 0.5) is 17.1 Å². The zero-order valence-corrected chi connectivity index (χ0v) is 18.9. The lowest BCUT2D eigenvalue weighted by Gasteiger charge is -2.16. The second-order valence-electron chi connectivity index (χ2n) is 7.25. The van der Waals surface area contributed by atoms with Gasteiger partial charge in [-0.15, -0.1) is 0 Å². The van der Waals surface area contributed by atoms with Crippen molar-refractivity contribution in [3.05, 3.63) is 65.3 Å². The molecule has 0 saturated heterocycles. The van der Waals surface area contributed by atoms with Gasteiger partial charge in [0.25, 0.3) is 0 Å². The molecule has 1 amide bonds. The number of benzene rings is 2. The van der Waals surface area contributed by atoms with Crippen LogP contribution < -0.4 is 15.4 Å². The molecule has 0 aliphatic heterocycles. The highest BCUT2D eigenvalue weighted by Gasteiger charge is 2.15. The summed E-state index contributed by atoms with van der Waals surface area (Å²) in [5.74, 6) is 0.223. The number of hydrogen-bond acceptors (Lipinski definition) is 6. The molecule has 0 unspecified atom stereocenters. The van der Waals surface area contributed by atoms with Gasteiger partial charge in [-0.1, -0.05) is 23.7 Å². The maximum atomic E-state index is 12.5. The number of halogens is 1. The summed E-state index contributed by atoms with van der Waals surface area (Å²) in [4.78, 5) is 18.8. The summed E-state index contributed by atoms with van der Waals surface area (Å²) in [6, 6.07) is 12.9. The van der Waals surface area contributed by atoms with Gasteiger partial charge in [-0.25, -0.2) is 0 Å². The lowest BCUT2D eigenvalue weighted by atomic mass is 10.1. The first-order valence-electron chi connectivity index (χ1n) is 10.1. The molecule has 0 aliphatic carbocycles. The first-order chi connectivity index (χ1) is 15.4. The summed E-state index contributed by atoms with van der Waals surface area (Å²) in [6.45, 7) is 2.94. The third-order valence-electron chi connectivity index (χ3n) is 4.48. The Balaban J connectivity index is 2.06. The fourth-order valence-corrected chi connectivity index (χ4v) is 3.26. The maximum absolute atomic E-state index is 12.5. The first-order valence-corrected chi connectivity index (χ1v) is 10.4. The van der Waals surface area contributed by atoms with Crippen LogP contribution in [0.2, 0.25) is 5.02 Å². The van der Waals surface area contributed by atoms with Crippen LogP contribution in [0.3, 0.4) is 0 Å². The molecule has 0 radical (unpaired) electrons. The molecule has 0 bridgehead atoms. The van der Waals surface area contributed by atoms with Crippen LogP contribution in [0.5, 0.6) is 5.75 Å². The standard InChI is InChI=1S/C24H24ClN5O2/c1-4-32-22-13-20-19(12-21(22)29-23(31)9-6-10-30(2)3)24(16(14-26)15-27-20)28-18-8-5-7-17(25)11-18/h5-9,11-13,15H,4,10H2,1-3H3,(H,27,28)(H,29,31)/b9-6+. The molecule has 2 aromatic carbocycles. The summed E-state index contributed by atoms with van der Waals surface area (Å²) < 4.78 is 5.73. The minimum absolute atomic E-state index is 0.277. The third kappa shape index (κ3) is 5.76. The van der Waals surface area contributed by atoms with Crippen molar-refractivity contribution in [3.8, 4) is 11.8 Å². The van der Waals surface area contributed by atoms with Crippen molar-refractivity contribution in [1.29, 1.82) is 5.26 Å². The minimum Gasteiger partial charge on any atom is -0.492 e. The summed E-state index contributed by atoms with van der Waals surface area (Å²) in [5.41, 5.74) is 2.78. The Morgan fingerprint density at radius 3 is 2.81 bits per heavy atom. The number of fused-ring (bicyclic) bond motifs is 1. The smallest absolute Gasteiger partial charge is 0.248 e. The van der Waals surface area contributed by atoms with Gasteiger partial charge in [0.2, 0.25) is 5.91 Å². The summed E-state index contributed by atoms with van der Waals surface area (Å²) >= 11 is 6.11. The van der Waals surface area contributed by atoms with Crippen molar-refractivity contribution in [3.63, 3.8) is 0 Å². The van der Waals surface area contributed by atoms with E-state index in [2.05, 4.69) is 21.7 Å². The Morgan fingerprint density at radius 1 is 1.31 bits per heavy atom. The molecular weight excluding hydrogens is 426 g/mol. The monoisotopic (exact) mass is 449 g/mol. The van der Waals surface area contributed by atoms with E-state index >= 15 is 0 Å². The van der Waals surface area contributed by atoms with Crippen molar-refractivity contribution in [2.45, 2.75) is 6.92 Å². The highest BCUT2D eigenvalue weighted by atomic mass is 35.5. The Bertz CT molecular complexity index is 1200. The Morgan fingerprint density at radius 2 is 2.12 bits per heavy atom. The van der Waals surface area contributed by atoms with Crippen LogP contribution in [0, 0.1) is 11.3 Å². The second-order valence-corrected chi connectivity index (χ2v) is 7.68. The quantitative estimate of drug-likeness (QED) is 0.472. The molecule has 1 heterocycles. The maximum Gasteiger partial charge on any atom is 0.248 e. The lowest BCUT2D eigenvalue weighted by Crippen LogP contribution is -2.13. The molecule has 8 heteroatoms. The molecule has 7 nitrogen and oxygen atoms in total. The Labute approximate surface area is 192 Å². The average Bonchev–Trinajstić information content (AvgIpc) is 2.74. The topological polar surface area (TPSA) is 90.3 Å². The largest absolute Gasteiger partial charge is 0.492 e. The number of nitrogens with zero attached hydrogens (tertiary/aromatic N) is 3. The second kappa shape index (κ2) is 10.6. The van der Waals surface area contributed by atoms with E-state index in [-0.39, 0.29) is 5.91 Å². The summed E-state index contributed by atoms with van der Waals surface area (Å²) in [5, 5.41) is 17.0. The van der Waals surface area contributed by atoms with Gasteiger partial charge in [0.05, 0.1) is 29.1 Å². The fourth-order valence-electron chi connectivity index (χ4n) is 3.07. The predicted molar refractivity (Wildman–Crippen MR) is 129 cm³/mol. The number of nitrogens with one attached hydrogen (secondary N) is 2. The van der Waals surface area contributed by atoms with Gasteiger partial charge in [0.1, 0.15) is 11.8 Å². The zero-order chi connectivity index (χ0) is 23.1. The number of aromatic nitrogens is 1. The van der Waals surface area contributed by atoms with E-state index in [0.717, 1.165) is 5.69 Å². The number of ether oxygens (including phenoxy) is 1. The van der Waals surface area contributed by atoms with Crippen LogP contribution in [-0.4, -0.2) is 43.0 Å². The molecule has 2 N–H and O–H groups in total. The average molecular weight is 450 g/mol. The highest BCUT2D eigenvalue weighted by Crippen LogP contribution is 2.36. The predicted octanol–water partition coefficient (Wildman–Crippen LogP) is 4.96. The van der Waals surface area contributed by atoms with Crippen molar-refractivity contribution in [1.82, 2.24) is 9.88 Å². The molecule has 0 aliphatic rings. The van der Waals surface area contributed by atoms with Crippen LogP contribution in [-0.2, 0) is 4.79 Å². The van der Waals surface area contributed by atoms with Gasteiger partial charge in [0.15, 0.2) is 0 Å². The number of pyridine rings is 1. The number of hydrogen-bond donors (Lipinski definition) is 2. The molecule has 164 valence electrons. The normalized spacial score (nSPS) is 11.0. The number of anilines is 3. The van der Waals surface area contributed by atoms with Crippen molar-refractivity contribution in [2.24, 2.45) is 0 Å². The Hall–Kier alpha value is -3.60. The Kier molecular flexibility index (Phi) is 7.66. The van der Waals surface area contributed by atoms with E-state index in [9.17, 15) is 10.1 Å². The molecule has 3 aromatic rings. The summed E-state index contributed by atoms with van der Waals surface area (Å²) in [7, 11) is 3.85. The van der Waals surface area contributed by atoms with Gasteiger partial charge in [0, 0.05) is 41.0 Å². The van der Waals surface area contributed by atoms with Crippen LogP contribution in [0.1, 0.15) is 12.5 Å². The lowest BCUT2D eigenvalue weighted by molar-refractivity contribution is -0.111. The van der Waals surface area contributed by atoms with E-state index in [1.165, 1.54) is 12.3 Å². The molecule has 0 saturated carbocycles. The van der Waals surface area contributed by atoms with Gasteiger partial charge < -0.3 is 20.3 Å². The SMILES string of the molecule is CCOc1cc2ncc(C#N)c(Nc3cccc(Cl)c3)c2cc1NC(=O)/C=C/CN(C)C. The number of amides is 1. The molecule has 32 heavy (non-hydrogen) atoms. The zero-order valence-electron chi connectivity index (χ0n) is 18.1. The molecule has 0 fully saturated rings. The van der Waals surface area contributed by atoms with Gasteiger partial charge in [-0.3, -0.25) is 9.78 Å². The molecule has 0 atom stereocenters. The number of rotatable bonds is 8. The van der Waals surface area contributed by atoms with Gasteiger partial charge in [-0.05, 0) is 45.3 Å². The van der Waals surface area contributed by atoms with E-state index in [0.29, 0.717) is 51.8 Å². The van der Waals surface area contributed by atoms with Crippen LogP contribution >= 0.6 is 11.6 Å². The van der Waals surface area contributed by atoms with E-state index < -0.39 is 0 Å². The van der Waals surface area contributed by atoms with Crippen molar-refractivity contribution < 1.29 is 9.53 Å². The van der Waals surface area contributed by atoms with E-state index in [4.69, 9.17) is 16.3 Å². The van der Waals surface area contributed by atoms with Crippen molar-refractivity contribution >= 4 is 45.5 Å². The van der Waals surface area contributed by atoms with Crippen LogP contribution in [0.15, 0.2) is 54.7 Å². The number of carbonyl (C=O) groups excluding carboxylic acids is 1. The number of carbonyl (C=O) groups is 1. The van der Waals surface area contributed by atoms with Gasteiger partial charge >= 0.3 is 0 Å². The first kappa shape index (κ1) is 23.1. The summed E-state index contributed by atoms with van der Waals surface area (Å²) in [6.07, 6.45) is 4.76. The van der Waals surface area contributed by atoms with Crippen molar-refractivity contribution in [2.75, 3.05) is 37.9 Å². The third-order valence-corrected chi connectivity index (χ3v) is 4.72. The number of nitriles is 1. The van der Waals surface area contributed by atoms with Gasteiger partial charge in [-0.2, -0.15) is 5.26 Å². The van der Waals surface area contributed by atoms with Crippen LogP contribution in [0.25, 0.3) is 10.9 Å². The minimum atomic E-state index is -0.277. The molecule has 0 spiro atoms. The molecule has 1 aromatic heterocycles.